The van der Waals surface area contributed by atoms with Crippen LogP contribution < -0.4 is 10.8 Å². The molecule has 0 spiro atoms. The molecule has 10 heteroatoms. The molecule has 0 aliphatic carbocycles. The number of imide groups is 1. The molecule has 1 aliphatic rings. The van der Waals surface area contributed by atoms with Crippen molar-refractivity contribution >= 4 is 17.7 Å². The maximum atomic E-state index is 11.6. The van der Waals surface area contributed by atoms with Gasteiger partial charge in [-0.15, -0.1) is 0 Å². The van der Waals surface area contributed by atoms with Crippen molar-refractivity contribution < 1.29 is 34.1 Å². The summed E-state index contributed by atoms with van der Waals surface area (Å²) in [5, 5.41) is 6.06. The van der Waals surface area contributed by atoms with Gasteiger partial charge in [0.15, 0.2) is 0 Å². The second-order valence-electron chi connectivity index (χ2n) is 5.00. The smallest absolute Gasteiger partial charge is 0.253 e. The lowest BCUT2D eigenvalue weighted by Gasteiger charge is -2.13. The molecule has 3 amide bonds. The Morgan fingerprint density at radius 2 is 1.56 bits per heavy atom. The number of nitrogens with two attached hydrogens (primary N) is 1. The molecule has 0 saturated carbocycles. The van der Waals surface area contributed by atoms with E-state index >= 15 is 0 Å². The molecule has 0 unspecified atom stereocenters. The molecule has 0 saturated heterocycles. The van der Waals surface area contributed by atoms with Crippen LogP contribution in [-0.2, 0) is 28.6 Å². The van der Waals surface area contributed by atoms with E-state index in [1.807, 2.05) is 0 Å². The number of carbonyl (C=O) groups is 3. The van der Waals surface area contributed by atoms with Gasteiger partial charge in [0.2, 0.25) is 5.91 Å². The number of nitrogens with one attached hydrogen (secondary N) is 1. The summed E-state index contributed by atoms with van der Waals surface area (Å²) in [6.07, 6.45) is 2.45. The average molecular weight is 357 g/mol. The molecule has 0 atom stereocenters. The zero-order valence-corrected chi connectivity index (χ0v) is 14.1. The van der Waals surface area contributed by atoms with E-state index in [0.29, 0.717) is 52.7 Å². The van der Waals surface area contributed by atoms with E-state index in [9.17, 15) is 14.4 Å². The standard InChI is InChI=1S/C15H24N4O6/c16-18-5-8-24-10-12-25-11-9-23-7-4-17-13(20)3-6-19-14(21)1-2-15(19)22/h1-2,16H,3-12H2,(H,17,20)/p+1. The summed E-state index contributed by atoms with van der Waals surface area (Å²) in [6.45, 7) is 3.52. The average Bonchev–Trinajstić information content (AvgIpc) is 2.92. The molecule has 0 aromatic rings. The number of nitrogens with zero attached hydrogens (tertiary/aromatic N) is 2. The van der Waals surface area contributed by atoms with E-state index in [1.165, 1.54) is 12.2 Å². The Hall–Kier alpha value is -2.17. The Morgan fingerprint density at radius 1 is 1.00 bits per heavy atom. The van der Waals surface area contributed by atoms with E-state index in [4.69, 9.17) is 19.7 Å². The summed E-state index contributed by atoms with van der Waals surface area (Å²) >= 11 is 0. The maximum Gasteiger partial charge on any atom is 0.253 e. The normalized spacial score (nSPS) is 13.5. The van der Waals surface area contributed by atoms with Crippen LogP contribution in [-0.4, -0.2) is 81.9 Å². The van der Waals surface area contributed by atoms with Gasteiger partial charge in [0.1, 0.15) is 6.54 Å². The van der Waals surface area contributed by atoms with Gasteiger partial charge in [0.05, 0.1) is 39.6 Å². The number of carbonyl (C=O) groups excluding carboxylic acids is 3. The van der Waals surface area contributed by atoms with Crippen LogP contribution in [0.15, 0.2) is 17.3 Å². The van der Waals surface area contributed by atoms with Gasteiger partial charge in [-0.05, 0) is 5.11 Å². The van der Waals surface area contributed by atoms with Crippen LogP contribution in [0.2, 0.25) is 0 Å². The Balaban J connectivity index is 1.86. The molecule has 1 rings (SSSR count). The first-order chi connectivity index (χ1) is 12.1. The first-order valence-corrected chi connectivity index (χ1v) is 8.05. The highest BCUT2D eigenvalue weighted by atomic mass is 16.5. The van der Waals surface area contributed by atoms with Crippen molar-refractivity contribution in [2.75, 3.05) is 59.3 Å². The summed E-state index contributed by atoms with van der Waals surface area (Å²) in [7, 11) is 0. The van der Waals surface area contributed by atoms with Crippen molar-refractivity contribution in [1.82, 2.24) is 10.2 Å². The molecule has 25 heavy (non-hydrogen) atoms. The monoisotopic (exact) mass is 357 g/mol. The highest BCUT2D eigenvalue weighted by Crippen LogP contribution is 2.03. The van der Waals surface area contributed by atoms with E-state index in [1.54, 1.807) is 0 Å². The first kappa shape index (κ1) is 20.9. The quantitative estimate of drug-likeness (QED) is 0.192. The Morgan fingerprint density at radius 3 is 2.16 bits per heavy atom. The number of rotatable bonds is 15. The van der Waals surface area contributed by atoms with Gasteiger partial charge >= 0.3 is 0 Å². The lowest BCUT2D eigenvalue weighted by molar-refractivity contribution is -0.223. The zero-order chi connectivity index (χ0) is 18.3. The molecule has 10 nitrogen and oxygen atoms in total. The van der Waals surface area contributed by atoms with Crippen LogP contribution in [0.25, 0.3) is 0 Å². The van der Waals surface area contributed by atoms with Crippen LogP contribution in [0.5, 0.6) is 0 Å². The van der Waals surface area contributed by atoms with Crippen molar-refractivity contribution in [3.63, 3.8) is 0 Å². The lowest BCUT2D eigenvalue weighted by Crippen LogP contribution is -2.35. The van der Waals surface area contributed by atoms with Gasteiger partial charge in [0, 0.05) is 31.7 Å². The minimum Gasteiger partial charge on any atom is -0.377 e. The van der Waals surface area contributed by atoms with Gasteiger partial charge in [-0.1, -0.05) is 0 Å². The third kappa shape index (κ3) is 9.65. The molecular weight excluding hydrogens is 332 g/mol. The number of hydrogen-bond donors (Lipinski definition) is 2. The first-order valence-electron chi connectivity index (χ1n) is 8.05. The number of hydrogen-bond acceptors (Lipinski definition) is 7. The van der Waals surface area contributed by atoms with Crippen LogP contribution in [0.4, 0.5) is 0 Å². The highest BCUT2D eigenvalue weighted by Gasteiger charge is 2.23. The SMILES string of the molecule is [NH2+]=NCCOCCOCCOCCNC(=O)CCN1C(=O)C=CC1=O. The van der Waals surface area contributed by atoms with E-state index in [2.05, 4.69) is 10.4 Å². The topological polar surface area (TPSA) is 132 Å². The molecule has 0 fully saturated rings. The fourth-order valence-corrected chi connectivity index (χ4v) is 1.88. The summed E-state index contributed by atoms with van der Waals surface area (Å²) < 4.78 is 15.8. The summed E-state index contributed by atoms with van der Waals surface area (Å²) in [6, 6.07) is 0. The Bertz CT molecular complexity index is 465. The molecule has 1 aliphatic heterocycles. The van der Waals surface area contributed by atoms with Crippen LogP contribution in [0.1, 0.15) is 6.42 Å². The second kappa shape index (κ2) is 13.2. The highest BCUT2D eigenvalue weighted by molar-refractivity contribution is 6.13. The van der Waals surface area contributed by atoms with Gasteiger partial charge in [0.25, 0.3) is 11.8 Å². The number of amides is 3. The van der Waals surface area contributed by atoms with Crippen molar-refractivity contribution in [2.24, 2.45) is 5.11 Å². The predicted molar refractivity (Wildman–Crippen MR) is 85.2 cm³/mol. The third-order valence-corrected chi connectivity index (χ3v) is 3.14. The lowest BCUT2D eigenvalue weighted by atomic mass is 10.3. The predicted octanol–water partition coefficient (Wildman–Crippen LogP) is -2.32. The Kier molecular flexibility index (Phi) is 11.0. The minimum atomic E-state index is -0.388. The van der Waals surface area contributed by atoms with Crippen molar-refractivity contribution in [3.05, 3.63) is 12.2 Å². The van der Waals surface area contributed by atoms with Gasteiger partial charge < -0.3 is 19.5 Å². The largest absolute Gasteiger partial charge is 0.377 e. The zero-order valence-electron chi connectivity index (χ0n) is 14.1. The Labute approximate surface area is 146 Å². The van der Waals surface area contributed by atoms with E-state index < -0.39 is 0 Å². The van der Waals surface area contributed by atoms with Crippen LogP contribution in [0.3, 0.4) is 0 Å². The molecular formula is C15H25N4O6+. The van der Waals surface area contributed by atoms with Crippen molar-refractivity contribution in [2.45, 2.75) is 6.42 Å². The molecule has 0 bridgehead atoms. The van der Waals surface area contributed by atoms with Gasteiger partial charge in [-0.2, -0.15) is 5.53 Å². The summed E-state index contributed by atoms with van der Waals surface area (Å²) in [4.78, 5) is 35.3. The fourth-order valence-electron chi connectivity index (χ4n) is 1.88. The van der Waals surface area contributed by atoms with Gasteiger partial charge in [-0.25, -0.2) is 0 Å². The third-order valence-electron chi connectivity index (χ3n) is 3.14. The molecule has 140 valence electrons. The molecule has 0 aromatic heterocycles. The number of ether oxygens (including phenoxy) is 3. The minimum absolute atomic E-state index is 0.0692. The fraction of sp³-hybridized carbons (Fsp3) is 0.667. The summed E-state index contributed by atoms with van der Waals surface area (Å²) in [5.74, 6) is -1.02. The van der Waals surface area contributed by atoms with Crippen LogP contribution in [0, 0.1) is 0 Å². The van der Waals surface area contributed by atoms with E-state index in [0.717, 1.165) is 4.90 Å². The van der Waals surface area contributed by atoms with Crippen molar-refractivity contribution in [1.29, 1.82) is 0 Å². The van der Waals surface area contributed by atoms with Crippen molar-refractivity contribution in [3.8, 4) is 0 Å². The summed E-state index contributed by atoms with van der Waals surface area (Å²) in [5.41, 5.74) is 4.96. The maximum absolute atomic E-state index is 11.6. The van der Waals surface area contributed by atoms with E-state index in [-0.39, 0.29) is 30.7 Å². The molecule has 0 radical (unpaired) electrons. The molecule has 3 N–H and O–H groups in total. The molecule has 0 aromatic carbocycles. The molecule has 1 heterocycles. The van der Waals surface area contributed by atoms with Crippen LogP contribution >= 0.6 is 0 Å². The second-order valence-corrected chi connectivity index (χ2v) is 5.00. The van der Waals surface area contributed by atoms with Gasteiger partial charge in [-0.3, -0.25) is 19.3 Å².